The van der Waals surface area contributed by atoms with Crippen molar-refractivity contribution in [2.24, 2.45) is 0 Å². The van der Waals surface area contributed by atoms with Gasteiger partial charge in [-0.2, -0.15) is 0 Å². The number of halogens is 1. The zero-order chi connectivity index (χ0) is 22.4. The van der Waals surface area contributed by atoms with Crippen LogP contribution >= 0.6 is 35.6 Å². The number of nitrogens with one attached hydrogen (secondary N) is 1. The lowest BCUT2D eigenvalue weighted by Gasteiger charge is -2.15. The number of benzene rings is 2. The van der Waals surface area contributed by atoms with E-state index in [0.29, 0.717) is 52.0 Å². The molecule has 1 N–H and O–H groups in total. The van der Waals surface area contributed by atoms with Gasteiger partial charge in [-0.05, 0) is 67.8 Å². The quantitative estimate of drug-likeness (QED) is 0.284. The van der Waals surface area contributed by atoms with Crippen LogP contribution in [0.4, 0.5) is 0 Å². The van der Waals surface area contributed by atoms with Gasteiger partial charge >= 0.3 is 0 Å². The van der Waals surface area contributed by atoms with E-state index >= 15 is 0 Å². The lowest BCUT2D eigenvalue weighted by molar-refractivity contribution is -0.115. The van der Waals surface area contributed by atoms with E-state index in [-0.39, 0.29) is 5.91 Å². The first-order chi connectivity index (χ1) is 14.9. The molecule has 2 aromatic rings. The third-order valence-corrected chi connectivity index (χ3v) is 5.71. The number of amides is 1. The average molecular weight is 478 g/mol. The fraction of sp³-hybridized carbons (Fsp3) is 0.304. The molecule has 164 valence electrons. The Morgan fingerprint density at radius 2 is 1.77 bits per heavy atom. The minimum Gasteiger partial charge on any atom is -0.493 e. The second-order valence-electron chi connectivity index (χ2n) is 6.99. The largest absolute Gasteiger partial charge is 0.493 e. The Hall–Kier alpha value is -2.22. The zero-order valence-electron chi connectivity index (χ0n) is 17.6. The van der Waals surface area contributed by atoms with Crippen molar-refractivity contribution in [3.8, 4) is 17.2 Å². The molecule has 1 aliphatic heterocycles. The highest BCUT2D eigenvalue weighted by Crippen LogP contribution is 2.38. The molecule has 1 heterocycles. The van der Waals surface area contributed by atoms with Crippen molar-refractivity contribution in [2.75, 3.05) is 19.8 Å². The molecule has 8 heteroatoms. The Labute approximate surface area is 197 Å². The molecule has 1 aliphatic rings. The number of hydrogen-bond acceptors (Lipinski definition) is 6. The number of rotatable bonds is 9. The molecule has 1 fully saturated rings. The summed E-state index contributed by atoms with van der Waals surface area (Å²) in [7, 11) is 0. The molecule has 3 rings (SSSR count). The van der Waals surface area contributed by atoms with Gasteiger partial charge < -0.3 is 19.5 Å². The molecular weight excluding hydrogens is 454 g/mol. The first kappa shape index (κ1) is 23.4. The van der Waals surface area contributed by atoms with Gasteiger partial charge in [0.25, 0.3) is 5.91 Å². The van der Waals surface area contributed by atoms with Gasteiger partial charge in [0.2, 0.25) is 0 Å². The van der Waals surface area contributed by atoms with E-state index in [4.69, 9.17) is 38.0 Å². The van der Waals surface area contributed by atoms with Gasteiger partial charge in [-0.1, -0.05) is 41.6 Å². The van der Waals surface area contributed by atoms with Crippen molar-refractivity contribution in [1.29, 1.82) is 0 Å². The number of aryl methyl sites for hydroxylation is 2. The van der Waals surface area contributed by atoms with E-state index in [1.807, 2.05) is 32.9 Å². The summed E-state index contributed by atoms with van der Waals surface area (Å²) in [6, 6.07) is 9.69. The molecule has 31 heavy (non-hydrogen) atoms. The minimum absolute atomic E-state index is 0.215. The predicted octanol–water partition coefficient (Wildman–Crippen LogP) is 5.69. The van der Waals surface area contributed by atoms with Crippen LogP contribution in [0.1, 0.15) is 30.0 Å². The number of thioether (sulfide) groups is 1. The van der Waals surface area contributed by atoms with Gasteiger partial charge in [-0.25, -0.2) is 0 Å². The summed E-state index contributed by atoms with van der Waals surface area (Å²) in [5.74, 6) is 1.66. The molecule has 0 radical (unpaired) electrons. The zero-order valence-corrected chi connectivity index (χ0v) is 20.0. The number of thiocarbonyl (C=S) groups is 1. The predicted molar refractivity (Wildman–Crippen MR) is 130 cm³/mol. The number of ether oxygens (including phenoxy) is 3. The van der Waals surface area contributed by atoms with E-state index in [1.165, 1.54) is 22.9 Å². The molecule has 5 nitrogen and oxygen atoms in total. The lowest BCUT2D eigenvalue weighted by Crippen LogP contribution is -2.17. The average Bonchev–Trinajstić information content (AvgIpc) is 2.99. The van der Waals surface area contributed by atoms with Crippen LogP contribution in [-0.4, -0.2) is 30.0 Å². The van der Waals surface area contributed by atoms with Crippen LogP contribution in [0.25, 0.3) is 6.08 Å². The summed E-state index contributed by atoms with van der Waals surface area (Å²) in [4.78, 5) is 12.4. The van der Waals surface area contributed by atoms with Gasteiger partial charge in [0.1, 0.15) is 10.1 Å². The summed E-state index contributed by atoms with van der Waals surface area (Å²) >= 11 is 12.7. The van der Waals surface area contributed by atoms with Crippen LogP contribution in [0.2, 0.25) is 5.02 Å². The van der Waals surface area contributed by atoms with Gasteiger partial charge in [0.15, 0.2) is 11.5 Å². The van der Waals surface area contributed by atoms with Crippen molar-refractivity contribution in [3.63, 3.8) is 0 Å². The summed E-state index contributed by atoms with van der Waals surface area (Å²) in [5, 5.41) is 3.01. The smallest absolute Gasteiger partial charge is 0.263 e. The molecule has 0 atom stereocenters. The van der Waals surface area contributed by atoms with E-state index in [9.17, 15) is 4.79 Å². The Kier molecular flexibility index (Phi) is 8.23. The first-order valence-electron chi connectivity index (χ1n) is 9.91. The van der Waals surface area contributed by atoms with Crippen LogP contribution < -0.4 is 19.5 Å². The van der Waals surface area contributed by atoms with Crippen LogP contribution in [-0.2, 0) is 4.79 Å². The van der Waals surface area contributed by atoms with Gasteiger partial charge in [-0.3, -0.25) is 4.79 Å². The Balaban J connectivity index is 1.63. The van der Waals surface area contributed by atoms with Crippen LogP contribution in [0.3, 0.4) is 0 Å². The molecule has 0 aliphatic carbocycles. The van der Waals surface area contributed by atoms with Crippen molar-refractivity contribution < 1.29 is 19.0 Å². The standard InChI is InChI=1S/C23H24ClNO4S2/c1-4-27-19-12-16(13-20-22(26)25-23(30)31-20)11-18(24)21(19)29-7-5-6-28-17-9-14(2)8-15(3)10-17/h8-13H,4-7H2,1-3H3,(H,25,26,30)/b20-13+. The maximum atomic E-state index is 11.9. The van der Waals surface area contributed by atoms with E-state index in [2.05, 4.69) is 11.4 Å². The van der Waals surface area contributed by atoms with E-state index in [1.54, 1.807) is 18.2 Å². The van der Waals surface area contributed by atoms with Crippen LogP contribution in [0, 0.1) is 13.8 Å². The van der Waals surface area contributed by atoms with Gasteiger partial charge in [0, 0.05) is 6.42 Å². The van der Waals surface area contributed by atoms with Crippen LogP contribution in [0.15, 0.2) is 35.2 Å². The fourth-order valence-electron chi connectivity index (χ4n) is 3.09. The summed E-state index contributed by atoms with van der Waals surface area (Å²) in [5.41, 5.74) is 3.08. The highest BCUT2D eigenvalue weighted by Gasteiger charge is 2.22. The van der Waals surface area contributed by atoms with E-state index < -0.39 is 0 Å². The Morgan fingerprint density at radius 1 is 1.06 bits per heavy atom. The molecule has 2 aromatic carbocycles. The second kappa shape index (κ2) is 10.9. The highest BCUT2D eigenvalue weighted by molar-refractivity contribution is 8.26. The van der Waals surface area contributed by atoms with E-state index in [0.717, 1.165) is 11.3 Å². The molecular formula is C23H24ClNO4S2. The SMILES string of the molecule is CCOc1cc(/C=C2/SC(=S)NC2=O)cc(Cl)c1OCCCOc1cc(C)cc(C)c1. The highest BCUT2D eigenvalue weighted by atomic mass is 35.5. The molecule has 0 unspecified atom stereocenters. The maximum absolute atomic E-state index is 11.9. The molecule has 0 aromatic heterocycles. The second-order valence-corrected chi connectivity index (χ2v) is 9.12. The third kappa shape index (κ3) is 6.63. The molecule has 1 saturated heterocycles. The van der Waals surface area contributed by atoms with Gasteiger partial charge in [-0.15, -0.1) is 0 Å². The maximum Gasteiger partial charge on any atom is 0.263 e. The van der Waals surface area contributed by atoms with Crippen molar-refractivity contribution in [3.05, 3.63) is 56.9 Å². The normalized spacial score (nSPS) is 14.6. The monoisotopic (exact) mass is 477 g/mol. The number of carbonyl (C=O) groups is 1. The molecule has 0 bridgehead atoms. The lowest BCUT2D eigenvalue weighted by atomic mass is 10.1. The van der Waals surface area contributed by atoms with Crippen LogP contribution in [0.5, 0.6) is 17.2 Å². The first-order valence-corrected chi connectivity index (χ1v) is 11.5. The topological polar surface area (TPSA) is 56.8 Å². The number of hydrogen-bond donors (Lipinski definition) is 1. The Morgan fingerprint density at radius 3 is 2.42 bits per heavy atom. The molecule has 1 amide bonds. The third-order valence-electron chi connectivity index (χ3n) is 4.27. The number of carbonyl (C=O) groups excluding carboxylic acids is 1. The Bertz CT molecular complexity index is 1000. The van der Waals surface area contributed by atoms with Crippen molar-refractivity contribution in [1.82, 2.24) is 5.32 Å². The van der Waals surface area contributed by atoms with Crippen molar-refractivity contribution >= 4 is 51.9 Å². The minimum atomic E-state index is -0.215. The fourth-order valence-corrected chi connectivity index (χ4v) is 4.40. The molecule has 0 saturated carbocycles. The molecule has 0 spiro atoms. The summed E-state index contributed by atoms with van der Waals surface area (Å²) in [6.07, 6.45) is 2.42. The van der Waals surface area contributed by atoms with Gasteiger partial charge in [0.05, 0.1) is 29.7 Å². The summed E-state index contributed by atoms with van der Waals surface area (Å²) in [6.45, 7) is 7.40. The van der Waals surface area contributed by atoms with Crippen molar-refractivity contribution in [2.45, 2.75) is 27.2 Å². The summed E-state index contributed by atoms with van der Waals surface area (Å²) < 4.78 is 17.9.